The average molecular weight is 321 g/mol. The summed E-state index contributed by atoms with van der Waals surface area (Å²) in [6.07, 6.45) is 3.05. The van der Waals surface area contributed by atoms with Gasteiger partial charge in [-0.3, -0.25) is 0 Å². The summed E-state index contributed by atoms with van der Waals surface area (Å²) in [6.45, 7) is 5.64. The molecule has 5 heteroatoms. The lowest BCUT2D eigenvalue weighted by atomic mass is 10.1. The number of hydrogen-bond donors (Lipinski definition) is 1. The standard InChI is InChI=1S/C18H27NO4/c1-14(18-13-22-16-7-3-4-8-17(16)23-18)21-12-15(20)11-19-9-5-2-6-10-19/h3-4,7-8,14-15,18,20H,2,5-6,9-13H2,1H3. The molecule has 128 valence electrons. The molecule has 3 rings (SSSR count). The van der Waals surface area contributed by atoms with Crippen LogP contribution in [0, 0.1) is 0 Å². The zero-order chi connectivity index (χ0) is 16.1. The molecule has 0 bridgehead atoms. The fraction of sp³-hybridized carbons (Fsp3) is 0.667. The number of aliphatic hydroxyl groups excluding tert-OH is 1. The van der Waals surface area contributed by atoms with Crippen LogP contribution < -0.4 is 9.47 Å². The number of ether oxygens (including phenoxy) is 3. The molecule has 0 radical (unpaired) electrons. The first-order valence-electron chi connectivity index (χ1n) is 8.63. The number of fused-ring (bicyclic) bond motifs is 1. The van der Waals surface area contributed by atoms with Gasteiger partial charge in [0.15, 0.2) is 17.6 Å². The summed E-state index contributed by atoms with van der Waals surface area (Å²) in [4.78, 5) is 2.32. The third kappa shape index (κ3) is 4.59. The van der Waals surface area contributed by atoms with Gasteiger partial charge in [0, 0.05) is 6.54 Å². The Labute approximate surface area is 138 Å². The number of rotatable bonds is 6. The van der Waals surface area contributed by atoms with Crippen molar-refractivity contribution in [3.8, 4) is 11.5 Å². The van der Waals surface area contributed by atoms with Gasteiger partial charge < -0.3 is 24.2 Å². The quantitative estimate of drug-likeness (QED) is 0.869. The molecule has 5 nitrogen and oxygen atoms in total. The van der Waals surface area contributed by atoms with Crippen molar-refractivity contribution >= 4 is 0 Å². The van der Waals surface area contributed by atoms with E-state index in [1.165, 1.54) is 19.3 Å². The van der Waals surface area contributed by atoms with Crippen molar-refractivity contribution in [1.82, 2.24) is 4.90 Å². The van der Waals surface area contributed by atoms with Gasteiger partial charge in [-0.1, -0.05) is 18.6 Å². The van der Waals surface area contributed by atoms with Crippen molar-refractivity contribution in [1.29, 1.82) is 0 Å². The molecule has 3 atom stereocenters. The Morgan fingerprint density at radius 2 is 1.96 bits per heavy atom. The molecule has 0 amide bonds. The minimum atomic E-state index is -0.452. The minimum absolute atomic E-state index is 0.126. The zero-order valence-corrected chi connectivity index (χ0v) is 13.8. The van der Waals surface area contributed by atoms with Crippen LogP contribution in [-0.4, -0.2) is 61.2 Å². The minimum Gasteiger partial charge on any atom is -0.486 e. The van der Waals surface area contributed by atoms with Crippen LogP contribution in [0.2, 0.25) is 0 Å². The van der Waals surface area contributed by atoms with E-state index in [0.717, 1.165) is 24.6 Å². The molecule has 0 saturated carbocycles. The van der Waals surface area contributed by atoms with Crippen LogP contribution in [0.3, 0.4) is 0 Å². The van der Waals surface area contributed by atoms with E-state index in [2.05, 4.69) is 4.90 Å². The highest BCUT2D eigenvalue weighted by Gasteiger charge is 2.27. The smallest absolute Gasteiger partial charge is 0.161 e. The highest BCUT2D eigenvalue weighted by molar-refractivity contribution is 5.40. The molecule has 0 spiro atoms. The van der Waals surface area contributed by atoms with Crippen LogP contribution in [0.25, 0.3) is 0 Å². The number of nitrogens with zero attached hydrogens (tertiary/aromatic N) is 1. The van der Waals surface area contributed by atoms with Gasteiger partial charge in [0.25, 0.3) is 0 Å². The lowest BCUT2D eigenvalue weighted by Gasteiger charge is -2.32. The number of para-hydroxylation sites is 2. The lowest BCUT2D eigenvalue weighted by Crippen LogP contribution is -2.42. The van der Waals surface area contributed by atoms with E-state index in [4.69, 9.17) is 14.2 Å². The third-order valence-corrected chi connectivity index (χ3v) is 4.52. The SMILES string of the molecule is CC(OCC(O)CN1CCCCC1)C1COc2ccccc2O1. The summed E-state index contributed by atoms with van der Waals surface area (Å²) in [5.74, 6) is 1.54. The summed E-state index contributed by atoms with van der Waals surface area (Å²) in [5, 5.41) is 10.2. The average Bonchev–Trinajstić information content (AvgIpc) is 2.60. The van der Waals surface area contributed by atoms with Crippen molar-refractivity contribution in [3.63, 3.8) is 0 Å². The summed E-state index contributed by atoms with van der Waals surface area (Å²) in [6, 6.07) is 7.66. The van der Waals surface area contributed by atoms with Crippen LogP contribution in [0.1, 0.15) is 26.2 Å². The normalized spacial score (nSPS) is 24.2. The van der Waals surface area contributed by atoms with E-state index in [1.54, 1.807) is 0 Å². The van der Waals surface area contributed by atoms with Crippen molar-refractivity contribution in [2.75, 3.05) is 32.8 Å². The van der Waals surface area contributed by atoms with Crippen LogP contribution in [0.15, 0.2) is 24.3 Å². The third-order valence-electron chi connectivity index (χ3n) is 4.52. The van der Waals surface area contributed by atoms with E-state index in [9.17, 15) is 5.11 Å². The highest BCUT2D eigenvalue weighted by Crippen LogP contribution is 2.31. The monoisotopic (exact) mass is 321 g/mol. The number of likely N-dealkylation sites (tertiary alicyclic amines) is 1. The molecule has 0 aliphatic carbocycles. The molecule has 1 N–H and O–H groups in total. The molecule has 2 aliphatic rings. The Morgan fingerprint density at radius 1 is 1.22 bits per heavy atom. The molecular formula is C18H27NO4. The Kier molecular flexibility index (Phi) is 5.75. The summed E-state index contributed by atoms with van der Waals surface area (Å²) < 4.78 is 17.5. The van der Waals surface area contributed by atoms with Gasteiger partial charge in [-0.2, -0.15) is 0 Å². The first-order chi connectivity index (χ1) is 11.2. The van der Waals surface area contributed by atoms with E-state index in [1.807, 2.05) is 31.2 Å². The second-order valence-electron chi connectivity index (χ2n) is 6.47. The highest BCUT2D eigenvalue weighted by atomic mass is 16.6. The molecule has 1 aromatic rings. The molecule has 23 heavy (non-hydrogen) atoms. The molecular weight excluding hydrogens is 294 g/mol. The molecule has 0 aromatic heterocycles. The van der Waals surface area contributed by atoms with E-state index in [-0.39, 0.29) is 12.2 Å². The van der Waals surface area contributed by atoms with Gasteiger partial charge in [-0.15, -0.1) is 0 Å². The fourth-order valence-electron chi connectivity index (χ4n) is 3.13. The van der Waals surface area contributed by atoms with Gasteiger partial charge in [-0.05, 0) is 45.0 Å². The van der Waals surface area contributed by atoms with Crippen molar-refractivity contribution in [3.05, 3.63) is 24.3 Å². The van der Waals surface area contributed by atoms with E-state index in [0.29, 0.717) is 19.8 Å². The topological polar surface area (TPSA) is 51.2 Å². The Balaban J connectivity index is 1.41. The van der Waals surface area contributed by atoms with Crippen LogP contribution in [-0.2, 0) is 4.74 Å². The number of hydrogen-bond acceptors (Lipinski definition) is 5. The largest absolute Gasteiger partial charge is 0.486 e. The van der Waals surface area contributed by atoms with Crippen molar-refractivity contribution in [2.45, 2.75) is 44.5 Å². The van der Waals surface area contributed by atoms with Crippen LogP contribution >= 0.6 is 0 Å². The summed E-state index contributed by atoms with van der Waals surface area (Å²) >= 11 is 0. The number of benzene rings is 1. The van der Waals surface area contributed by atoms with E-state index < -0.39 is 6.10 Å². The second-order valence-corrected chi connectivity index (χ2v) is 6.47. The maximum atomic E-state index is 10.2. The molecule has 1 saturated heterocycles. The lowest BCUT2D eigenvalue weighted by molar-refractivity contribution is -0.0732. The number of piperidine rings is 1. The number of aliphatic hydroxyl groups is 1. The second kappa shape index (κ2) is 7.99. The first-order valence-corrected chi connectivity index (χ1v) is 8.63. The maximum Gasteiger partial charge on any atom is 0.161 e. The predicted molar refractivity (Wildman–Crippen MR) is 88.1 cm³/mol. The Morgan fingerprint density at radius 3 is 2.74 bits per heavy atom. The molecule has 2 aliphatic heterocycles. The molecule has 1 aromatic carbocycles. The summed E-state index contributed by atoms with van der Waals surface area (Å²) in [5.41, 5.74) is 0. The van der Waals surface area contributed by atoms with Crippen molar-refractivity contribution in [2.24, 2.45) is 0 Å². The Hall–Kier alpha value is -1.30. The first kappa shape index (κ1) is 16.6. The zero-order valence-electron chi connectivity index (χ0n) is 13.8. The van der Waals surface area contributed by atoms with E-state index >= 15 is 0 Å². The predicted octanol–water partition coefficient (Wildman–Crippen LogP) is 2.08. The van der Waals surface area contributed by atoms with Gasteiger partial charge in [0.05, 0.1) is 18.8 Å². The number of β-amino-alcohol motifs (C(OH)–C–C–N with tert-alkyl or cyclic N) is 1. The molecule has 3 unspecified atom stereocenters. The molecule has 2 heterocycles. The Bertz CT molecular complexity index is 490. The van der Waals surface area contributed by atoms with Gasteiger partial charge in [-0.25, -0.2) is 0 Å². The summed E-state index contributed by atoms with van der Waals surface area (Å²) in [7, 11) is 0. The van der Waals surface area contributed by atoms with Gasteiger partial charge in [0.1, 0.15) is 6.61 Å². The van der Waals surface area contributed by atoms with Crippen LogP contribution in [0.5, 0.6) is 11.5 Å². The fourth-order valence-corrected chi connectivity index (χ4v) is 3.13. The van der Waals surface area contributed by atoms with Gasteiger partial charge >= 0.3 is 0 Å². The van der Waals surface area contributed by atoms with Gasteiger partial charge in [0.2, 0.25) is 0 Å². The van der Waals surface area contributed by atoms with Crippen molar-refractivity contribution < 1.29 is 19.3 Å². The molecule has 1 fully saturated rings. The van der Waals surface area contributed by atoms with Crippen LogP contribution in [0.4, 0.5) is 0 Å². The maximum absolute atomic E-state index is 10.2.